The van der Waals surface area contributed by atoms with E-state index in [9.17, 15) is 17.6 Å². The van der Waals surface area contributed by atoms with Crippen LogP contribution in [-0.2, 0) is 4.74 Å². The Morgan fingerprint density at radius 3 is 2.65 bits per heavy atom. The Balaban J connectivity index is 2.29. The lowest BCUT2D eigenvalue weighted by Gasteiger charge is -2.10. The van der Waals surface area contributed by atoms with E-state index in [1.54, 1.807) is 0 Å². The van der Waals surface area contributed by atoms with Crippen molar-refractivity contribution in [2.75, 3.05) is 25.1 Å². The number of nitrogens with one attached hydrogen (secondary N) is 1. The number of hydrogen-bond acceptors (Lipinski definition) is 2. The second kappa shape index (κ2) is 6.07. The van der Waals surface area contributed by atoms with Gasteiger partial charge in [-0.2, -0.15) is 13.2 Å². The van der Waals surface area contributed by atoms with E-state index in [0.717, 1.165) is 0 Å². The number of rotatable bonds is 5. The largest absolute Gasteiger partial charge is 0.411 e. The van der Waals surface area contributed by atoms with Crippen molar-refractivity contribution in [3.8, 4) is 0 Å². The summed E-state index contributed by atoms with van der Waals surface area (Å²) in [5, 5.41) is 2.54. The fourth-order valence-electron chi connectivity index (χ4n) is 1.09. The summed E-state index contributed by atoms with van der Waals surface area (Å²) in [7, 11) is 0. The van der Waals surface area contributed by atoms with E-state index in [-0.39, 0.29) is 23.9 Å². The quantitative estimate of drug-likeness (QED) is 0.654. The maximum absolute atomic E-state index is 13.3. The molecule has 7 heteroatoms. The fraction of sp³-hybridized carbons (Fsp3) is 0.400. The van der Waals surface area contributed by atoms with E-state index in [4.69, 9.17) is 11.6 Å². The Morgan fingerprint density at radius 1 is 1.29 bits per heavy atom. The van der Waals surface area contributed by atoms with Gasteiger partial charge in [-0.05, 0) is 12.1 Å². The number of halogens is 5. The van der Waals surface area contributed by atoms with Crippen LogP contribution in [-0.4, -0.2) is 25.9 Å². The highest BCUT2D eigenvalue weighted by atomic mass is 35.5. The second-order valence-corrected chi connectivity index (χ2v) is 3.60. The molecule has 1 rings (SSSR count). The zero-order chi connectivity index (χ0) is 12.9. The topological polar surface area (TPSA) is 21.3 Å². The molecule has 0 fully saturated rings. The molecule has 1 aromatic rings. The molecule has 0 bridgehead atoms. The first-order valence-electron chi connectivity index (χ1n) is 4.72. The summed E-state index contributed by atoms with van der Waals surface area (Å²) in [5.41, 5.74) is 0.133. The highest BCUT2D eigenvalue weighted by molar-refractivity contribution is 6.31. The average molecular weight is 272 g/mol. The third-order valence-corrected chi connectivity index (χ3v) is 2.07. The second-order valence-electron chi connectivity index (χ2n) is 3.20. The summed E-state index contributed by atoms with van der Waals surface area (Å²) in [6.07, 6.45) is -4.35. The lowest BCUT2D eigenvalue weighted by Crippen LogP contribution is -2.20. The molecule has 0 aliphatic heterocycles. The Kier molecular flexibility index (Phi) is 5.02. The van der Waals surface area contributed by atoms with Crippen molar-refractivity contribution in [3.63, 3.8) is 0 Å². The molecule has 0 aliphatic carbocycles. The summed E-state index contributed by atoms with van der Waals surface area (Å²) < 4.78 is 52.7. The van der Waals surface area contributed by atoms with Crippen LogP contribution in [0.3, 0.4) is 0 Å². The van der Waals surface area contributed by atoms with E-state index < -0.39 is 18.6 Å². The first-order valence-corrected chi connectivity index (χ1v) is 5.10. The first-order chi connectivity index (χ1) is 7.90. The van der Waals surface area contributed by atoms with Crippen molar-refractivity contribution >= 4 is 17.3 Å². The van der Waals surface area contributed by atoms with Gasteiger partial charge in [-0.3, -0.25) is 0 Å². The molecule has 0 heterocycles. The van der Waals surface area contributed by atoms with Crippen LogP contribution in [0.2, 0.25) is 5.02 Å². The Morgan fingerprint density at radius 2 is 2.00 bits per heavy atom. The SMILES string of the molecule is Fc1c(Cl)cccc1NCCOCC(F)(F)F. The molecule has 96 valence electrons. The zero-order valence-electron chi connectivity index (χ0n) is 8.65. The molecule has 0 amide bonds. The summed E-state index contributed by atoms with van der Waals surface area (Å²) >= 11 is 5.52. The summed E-state index contributed by atoms with van der Waals surface area (Å²) in [4.78, 5) is 0. The third kappa shape index (κ3) is 5.23. The van der Waals surface area contributed by atoms with Gasteiger partial charge in [0.1, 0.15) is 6.61 Å². The lowest BCUT2D eigenvalue weighted by molar-refractivity contribution is -0.172. The van der Waals surface area contributed by atoms with Gasteiger partial charge in [0.15, 0.2) is 5.82 Å². The number of ether oxygens (including phenoxy) is 1. The Labute approximate surface area is 101 Å². The summed E-state index contributed by atoms with van der Waals surface area (Å²) in [5.74, 6) is -0.634. The van der Waals surface area contributed by atoms with E-state index in [0.29, 0.717) is 0 Å². The van der Waals surface area contributed by atoms with E-state index >= 15 is 0 Å². The predicted octanol–water partition coefficient (Wildman–Crippen LogP) is 3.47. The van der Waals surface area contributed by atoms with Crippen LogP contribution in [0, 0.1) is 5.82 Å². The molecule has 0 saturated carbocycles. The van der Waals surface area contributed by atoms with Gasteiger partial charge in [0.05, 0.1) is 17.3 Å². The minimum absolute atomic E-state index is 0.0498. The molecule has 0 unspecified atom stereocenters. The summed E-state index contributed by atoms with van der Waals surface area (Å²) in [6, 6.07) is 4.34. The molecular weight excluding hydrogens is 262 g/mol. The van der Waals surface area contributed by atoms with Gasteiger partial charge in [-0.15, -0.1) is 0 Å². The molecule has 0 atom stereocenters. The zero-order valence-corrected chi connectivity index (χ0v) is 9.41. The van der Waals surface area contributed by atoms with Gasteiger partial charge in [0.25, 0.3) is 0 Å². The highest BCUT2D eigenvalue weighted by Gasteiger charge is 2.27. The molecule has 17 heavy (non-hydrogen) atoms. The molecule has 0 aromatic heterocycles. The van der Waals surface area contributed by atoms with Crippen LogP contribution in [0.15, 0.2) is 18.2 Å². The first kappa shape index (κ1) is 14.1. The standard InChI is InChI=1S/C10H10ClF4NO/c11-7-2-1-3-8(9(7)12)16-4-5-17-6-10(13,14)15/h1-3,16H,4-6H2. The van der Waals surface area contributed by atoms with Gasteiger partial charge in [0.2, 0.25) is 0 Å². The van der Waals surface area contributed by atoms with Crippen LogP contribution >= 0.6 is 11.6 Å². The monoisotopic (exact) mass is 271 g/mol. The van der Waals surface area contributed by atoms with Crippen molar-refractivity contribution in [2.45, 2.75) is 6.18 Å². The number of hydrogen-bond donors (Lipinski definition) is 1. The Bertz CT molecular complexity index is 370. The van der Waals surface area contributed by atoms with Crippen LogP contribution < -0.4 is 5.32 Å². The van der Waals surface area contributed by atoms with Crippen LogP contribution in [0.25, 0.3) is 0 Å². The number of benzene rings is 1. The molecule has 2 nitrogen and oxygen atoms in total. The van der Waals surface area contributed by atoms with Gasteiger partial charge >= 0.3 is 6.18 Å². The minimum atomic E-state index is -4.35. The van der Waals surface area contributed by atoms with Crippen molar-refractivity contribution in [1.29, 1.82) is 0 Å². The summed E-state index contributed by atoms with van der Waals surface area (Å²) in [6.45, 7) is -1.43. The normalized spacial score (nSPS) is 11.6. The van der Waals surface area contributed by atoms with Crippen molar-refractivity contribution in [3.05, 3.63) is 29.0 Å². The average Bonchev–Trinajstić information content (AvgIpc) is 2.22. The maximum atomic E-state index is 13.3. The molecule has 0 saturated heterocycles. The minimum Gasteiger partial charge on any atom is -0.380 e. The van der Waals surface area contributed by atoms with Gasteiger partial charge < -0.3 is 10.1 Å². The highest BCUT2D eigenvalue weighted by Crippen LogP contribution is 2.21. The van der Waals surface area contributed by atoms with Gasteiger partial charge in [0, 0.05) is 6.54 Å². The van der Waals surface area contributed by atoms with E-state index in [2.05, 4.69) is 10.1 Å². The number of alkyl halides is 3. The van der Waals surface area contributed by atoms with Crippen LogP contribution in [0.1, 0.15) is 0 Å². The van der Waals surface area contributed by atoms with E-state index in [1.165, 1.54) is 18.2 Å². The van der Waals surface area contributed by atoms with Gasteiger partial charge in [-0.25, -0.2) is 4.39 Å². The van der Waals surface area contributed by atoms with Crippen molar-refractivity contribution in [2.24, 2.45) is 0 Å². The molecular formula is C10H10ClF4NO. The van der Waals surface area contributed by atoms with E-state index in [1.807, 2.05) is 0 Å². The molecule has 1 N–H and O–H groups in total. The smallest absolute Gasteiger partial charge is 0.380 e. The van der Waals surface area contributed by atoms with Crippen molar-refractivity contribution in [1.82, 2.24) is 0 Å². The maximum Gasteiger partial charge on any atom is 0.411 e. The predicted molar refractivity (Wildman–Crippen MR) is 56.8 cm³/mol. The molecule has 0 spiro atoms. The molecule has 0 radical (unpaired) electrons. The van der Waals surface area contributed by atoms with Crippen LogP contribution in [0.5, 0.6) is 0 Å². The number of anilines is 1. The molecule has 1 aromatic carbocycles. The van der Waals surface area contributed by atoms with Gasteiger partial charge in [-0.1, -0.05) is 17.7 Å². The van der Waals surface area contributed by atoms with Crippen LogP contribution in [0.4, 0.5) is 23.2 Å². The molecule has 0 aliphatic rings. The lowest BCUT2D eigenvalue weighted by atomic mass is 10.3. The van der Waals surface area contributed by atoms with Crippen molar-refractivity contribution < 1.29 is 22.3 Å². The Hall–Kier alpha value is -1.01. The third-order valence-electron chi connectivity index (χ3n) is 1.78. The fourth-order valence-corrected chi connectivity index (χ4v) is 1.26.